The van der Waals surface area contributed by atoms with Gasteiger partial charge < -0.3 is 16.0 Å². The Morgan fingerprint density at radius 2 is 2.13 bits per heavy atom. The van der Waals surface area contributed by atoms with Crippen molar-refractivity contribution < 1.29 is 4.79 Å². The third-order valence-corrected chi connectivity index (χ3v) is 3.88. The Kier molecular flexibility index (Phi) is 4.77. The van der Waals surface area contributed by atoms with Crippen LogP contribution in [0.2, 0.25) is 0 Å². The summed E-state index contributed by atoms with van der Waals surface area (Å²) in [5.74, 6) is 0.615. The van der Waals surface area contributed by atoms with Gasteiger partial charge in [-0.2, -0.15) is 0 Å². The lowest BCUT2D eigenvalue weighted by molar-refractivity contribution is 0.0933. The third kappa shape index (κ3) is 3.81. The lowest BCUT2D eigenvalue weighted by Crippen LogP contribution is -2.48. The molecular weight excluding hydrogens is 292 g/mol. The SMILES string of the molecule is NCc1cc(C(=O)NC2CCCN(c3ncccn3)C2)ccn1. The van der Waals surface area contributed by atoms with Crippen LogP contribution in [0.1, 0.15) is 28.9 Å². The van der Waals surface area contributed by atoms with E-state index in [0.717, 1.165) is 19.4 Å². The molecule has 0 aliphatic carbocycles. The molecule has 3 rings (SSSR count). The summed E-state index contributed by atoms with van der Waals surface area (Å²) < 4.78 is 0. The minimum Gasteiger partial charge on any atom is -0.348 e. The molecule has 1 aliphatic rings. The average Bonchev–Trinajstić information content (AvgIpc) is 2.63. The number of nitrogens with two attached hydrogens (primary N) is 1. The van der Waals surface area contributed by atoms with Crippen molar-refractivity contribution in [1.82, 2.24) is 20.3 Å². The first-order chi connectivity index (χ1) is 11.3. The molecule has 1 saturated heterocycles. The molecule has 23 heavy (non-hydrogen) atoms. The molecule has 1 fully saturated rings. The van der Waals surface area contributed by atoms with Gasteiger partial charge in [-0.3, -0.25) is 9.78 Å². The van der Waals surface area contributed by atoms with Crippen molar-refractivity contribution in [3.63, 3.8) is 0 Å². The number of nitrogens with one attached hydrogen (secondary N) is 1. The van der Waals surface area contributed by atoms with Gasteiger partial charge in [-0.15, -0.1) is 0 Å². The van der Waals surface area contributed by atoms with Gasteiger partial charge in [-0.1, -0.05) is 0 Å². The topological polar surface area (TPSA) is 97.0 Å². The molecule has 0 saturated carbocycles. The van der Waals surface area contributed by atoms with Gasteiger partial charge in [-0.05, 0) is 31.0 Å². The number of hydrogen-bond acceptors (Lipinski definition) is 6. The van der Waals surface area contributed by atoms with Crippen molar-refractivity contribution in [3.05, 3.63) is 48.0 Å². The standard InChI is InChI=1S/C16H20N6O/c17-10-14-9-12(4-7-18-14)15(23)21-13-3-1-8-22(11-13)16-19-5-2-6-20-16/h2,4-7,9,13H,1,3,8,10-11,17H2,(H,21,23). The average molecular weight is 312 g/mol. The van der Waals surface area contributed by atoms with E-state index in [2.05, 4.69) is 25.2 Å². The number of carbonyl (C=O) groups excluding carboxylic acids is 1. The van der Waals surface area contributed by atoms with Crippen LogP contribution in [-0.2, 0) is 6.54 Å². The van der Waals surface area contributed by atoms with Gasteiger partial charge >= 0.3 is 0 Å². The van der Waals surface area contributed by atoms with Crippen LogP contribution in [0.5, 0.6) is 0 Å². The van der Waals surface area contributed by atoms with Gasteiger partial charge in [0.05, 0.1) is 5.69 Å². The highest BCUT2D eigenvalue weighted by atomic mass is 16.1. The van der Waals surface area contributed by atoms with Gasteiger partial charge in [0.1, 0.15) is 0 Å². The van der Waals surface area contributed by atoms with E-state index < -0.39 is 0 Å². The monoisotopic (exact) mass is 312 g/mol. The Bertz CT molecular complexity index is 663. The van der Waals surface area contributed by atoms with Crippen molar-refractivity contribution in [2.24, 2.45) is 5.73 Å². The van der Waals surface area contributed by atoms with E-state index in [9.17, 15) is 4.79 Å². The maximum absolute atomic E-state index is 12.4. The first-order valence-corrected chi connectivity index (χ1v) is 7.74. The molecule has 2 aromatic rings. The van der Waals surface area contributed by atoms with Crippen LogP contribution in [0.15, 0.2) is 36.8 Å². The summed E-state index contributed by atoms with van der Waals surface area (Å²) in [6, 6.07) is 5.31. The molecule has 1 amide bonds. The number of piperidine rings is 1. The largest absolute Gasteiger partial charge is 0.348 e. The third-order valence-electron chi connectivity index (χ3n) is 3.88. The minimum absolute atomic E-state index is 0.0783. The van der Waals surface area contributed by atoms with Gasteiger partial charge in [0.2, 0.25) is 5.95 Å². The zero-order valence-corrected chi connectivity index (χ0v) is 12.9. The number of hydrogen-bond donors (Lipinski definition) is 2. The number of anilines is 1. The summed E-state index contributed by atoms with van der Waals surface area (Å²) >= 11 is 0. The first kappa shape index (κ1) is 15.4. The van der Waals surface area contributed by atoms with E-state index in [4.69, 9.17) is 5.73 Å². The van der Waals surface area contributed by atoms with Crippen molar-refractivity contribution >= 4 is 11.9 Å². The van der Waals surface area contributed by atoms with E-state index in [-0.39, 0.29) is 11.9 Å². The van der Waals surface area contributed by atoms with E-state index in [1.54, 1.807) is 36.8 Å². The van der Waals surface area contributed by atoms with Crippen LogP contribution in [0.3, 0.4) is 0 Å². The van der Waals surface area contributed by atoms with Crippen LogP contribution < -0.4 is 16.0 Å². The van der Waals surface area contributed by atoms with Crippen molar-refractivity contribution in [2.75, 3.05) is 18.0 Å². The van der Waals surface area contributed by atoms with Gasteiger partial charge in [0, 0.05) is 49.8 Å². The molecule has 7 nitrogen and oxygen atoms in total. The molecule has 0 aromatic carbocycles. The Morgan fingerprint density at radius 3 is 2.91 bits per heavy atom. The predicted octanol–water partition coefficient (Wildman–Crippen LogP) is 0.729. The number of nitrogens with zero attached hydrogens (tertiary/aromatic N) is 4. The number of aromatic nitrogens is 3. The maximum Gasteiger partial charge on any atom is 0.251 e. The summed E-state index contributed by atoms with van der Waals surface area (Å²) in [6.45, 7) is 1.94. The molecule has 1 unspecified atom stereocenters. The summed E-state index contributed by atoms with van der Waals surface area (Å²) in [5.41, 5.74) is 6.87. The number of pyridine rings is 1. The molecule has 2 aromatic heterocycles. The smallest absolute Gasteiger partial charge is 0.251 e. The van der Waals surface area contributed by atoms with Gasteiger partial charge in [0.25, 0.3) is 5.91 Å². The van der Waals surface area contributed by atoms with Crippen LogP contribution >= 0.6 is 0 Å². The molecular formula is C16H20N6O. The molecule has 0 spiro atoms. The number of amides is 1. The fraction of sp³-hybridized carbons (Fsp3) is 0.375. The molecule has 1 aliphatic heterocycles. The maximum atomic E-state index is 12.4. The molecule has 120 valence electrons. The van der Waals surface area contributed by atoms with Gasteiger partial charge in [0.15, 0.2) is 0 Å². The van der Waals surface area contributed by atoms with E-state index in [0.29, 0.717) is 30.3 Å². The van der Waals surface area contributed by atoms with E-state index in [1.807, 2.05) is 0 Å². The number of carbonyl (C=O) groups is 1. The fourth-order valence-electron chi connectivity index (χ4n) is 2.73. The summed E-state index contributed by atoms with van der Waals surface area (Å²) in [7, 11) is 0. The lowest BCUT2D eigenvalue weighted by Gasteiger charge is -2.33. The Morgan fingerprint density at radius 1 is 1.30 bits per heavy atom. The Labute approximate surface area is 135 Å². The summed E-state index contributed by atoms with van der Waals surface area (Å²) in [5, 5.41) is 3.08. The van der Waals surface area contributed by atoms with Crippen molar-refractivity contribution in [1.29, 1.82) is 0 Å². The summed E-state index contributed by atoms with van der Waals surface area (Å²) in [6.07, 6.45) is 7.02. The zero-order valence-electron chi connectivity index (χ0n) is 12.9. The molecule has 0 bridgehead atoms. The molecule has 3 N–H and O–H groups in total. The molecule has 1 atom stereocenters. The van der Waals surface area contributed by atoms with Crippen LogP contribution in [0, 0.1) is 0 Å². The second-order valence-corrected chi connectivity index (χ2v) is 5.55. The second-order valence-electron chi connectivity index (χ2n) is 5.55. The summed E-state index contributed by atoms with van der Waals surface area (Å²) in [4.78, 5) is 27.2. The van der Waals surface area contributed by atoms with E-state index >= 15 is 0 Å². The van der Waals surface area contributed by atoms with Crippen LogP contribution in [0.25, 0.3) is 0 Å². The molecule has 7 heteroatoms. The quantitative estimate of drug-likeness (QED) is 0.864. The van der Waals surface area contributed by atoms with E-state index in [1.165, 1.54) is 0 Å². The molecule has 0 radical (unpaired) electrons. The second kappa shape index (κ2) is 7.15. The molecule has 3 heterocycles. The minimum atomic E-state index is -0.0945. The highest BCUT2D eigenvalue weighted by molar-refractivity contribution is 5.94. The lowest BCUT2D eigenvalue weighted by atomic mass is 10.1. The highest BCUT2D eigenvalue weighted by Crippen LogP contribution is 2.15. The number of rotatable bonds is 4. The van der Waals surface area contributed by atoms with Gasteiger partial charge in [-0.25, -0.2) is 9.97 Å². The van der Waals surface area contributed by atoms with Crippen LogP contribution in [-0.4, -0.2) is 40.0 Å². The van der Waals surface area contributed by atoms with Crippen molar-refractivity contribution in [3.8, 4) is 0 Å². The fourth-order valence-corrected chi connectivity index (χ4v) is 2.73. The highest BCUT2D eigenvalue weighted by Gasteiger charge is 2.23. The zero-order chi connectivity index (χ0) is 16.1. The first-order valence-electron chi connectivity index (χ1n) is 7.74. The predicted molar refractivity (Wildman–Crippen MR) is 86.9 cm³/mol. The normalized spacial score (nSPS) is 17.8. The Hall–Kier alpha value is -2.54. The van der Waals surface area contributed by atoms with Crippen LogP contribution in [0.4, 0.5) is 5.95 Å². The Balaban J connectivity index is 1.64. The van der Waals surface area contributed by atoms with Crippen molar-refractivity contribution in [2.45, 2.75) is 25.4 Å².